The second-order valence-electron chi connectivity index (χ2n) is 2.75. The lowest BCUT2D eigenvalue weighted by atomic mass is 10.3. The van der Waals surface area contributed by atoms with Gasteiger partial charge in [0, 0.05) is 19.2 Å². The third-order valence-electron chi connectivity index (χ3n) is 1.53. The van der Waals surface area contributed by atoms with E-state index >= 15 is 0 Å². The highest BCUT2D eigenvalue weighted by atomic mass is 16.5. The van der Waals surface area contributed by atoms with Gasteiger partial charge in [0.25, 0.3) is 5.91 Å². The zero-order valence-corrected chi connectivity index (χ0v) is 7.99. The molecule has 0 radical (unpaired) electrons. The van der Waals surface area contributed by atoms with E-state index < -0.39 is 0 Å². The molecule has 0 saturated heterocycles. The molecule has 0 fully saturated rings. The summed E-state index contributed by atoms with van der Waals surface area (Å²) in [5.74, 6) is -0.0454. The Morgan fingerprint density at radius 1 is 1.71 bits per heavy atom. The van der Waals surface area contributed by atoms with Crippen molar-refractivity contribution in [1.82, 2.24) is 10.5 Å². The summed E-state index contributed by atoms with van der Waals surface area (Å²) in [5, 5.41) is 6.24. The lowest BCUT2D eigenvalue weighted by Crippen LogP contribution is -2.22. The average Bonchev–Trinajstić information content (AvgIpc) is 2.59. The minimum atomic E-state index is -0.271. The Hall–Kier alpha value is -1.62. The number of aryl methyl sites for hydroxylation is 1. The van der Waals surface area contributed by atoms with Crippen molar-refractivity contribution in [3.8, 4) is 0 Å². The van der Waals surface area contributed by atoms with Crippen LogP contribution in [0.1, 0.15) is 16.2 Å². The maximum atomic E-state index is 11.3. The number of amides is 1. The number of nitrogens with zero attached hydrogens (tertiary/aromatic N) is 1. The highest BCUT2D eigenvalue weighted by Crippen LogP contribution is 2.00. The van der Waals surface area contributed by atoms with Crippen LogP contribution in [0.3, 0.4) is 0 Å². The number of rotatable bonds is 4. The standard InChI is InChI=1S/C9H13N3O2/c1-7-6-8(14-12-7)9(13)11-5-3-2-4-10/h2-3,6H,4-5,10H2,1H3,(H,11,13)/b3-2+. The number of nitrogens with two attached hydrogens (primary N) is 1. The maximum absolute atomic E-state index is 11.3. The van der Waals surface area contributed by atoms with E-state index in [-0.39, 0.29) is 11.7 Å². The lowest BCUT2D eigenvalue weighted by molar-refractivity contribution is 0.0921. The molecular weight excluding hydrogens is 182 g/mol. The Morgan fingerprint density at radius 3 is 3.07 bits per heavy atom. The van der Waals surface area contributed by atoms with Crippen molar-refractivity contribution in [1.29, 1.82) is 0 Å². The van der Waals surface area contributed by atoms with E-state index in [1.54, 1.807) is 25.1 Å². The second-order valence-corrected chi connectivity index (χ2v) is 2.75. The summed E-state index contributed by atoms with van der Waals surface area (Å²) in [6, 6.07) is 1.59. The second kappa shape index (κ2) is 5.18. The molecule has 0 unspecified atom stereocenters. The van der Waals surface area contributed by atoms with Crippen LogP contribution in [-0.4, -0.2) is 24.2 Å². The van der Waals surface area contributed by atoms with Gasteiger partial charge in [-0.3, -0.25) is 4.79 Å². The quantitative estimate of drug-likeness (QED) is 0.674. The molecule has 0 bridgehead atoms. The Kier molecular flexibility index (Phi) is 3.87. The van der Waals surface area contributed by atoms with Gasteiger partial charge in [0.15, 0.2) is 0 Å². The molecule has 0 saturated carbocycles. The predicted octanol–water partition coefficient (Wildman–Crippen LogP) is 0.228. The lowest BCUT2D eigenvalue weighted by Gasteiger charge is -1.96. The van der Waals surface area contributed by atoms with Crippen LogP contribution in [0.15, 0.2) is 22.7 Å². The van der Waals surface area contributed by atoms with Crippen molar-refractivity contribution in [2.75, 3.05) is 13.1 Å². The van der Waals surface area contributed by atoms with Crippen LogP contribution in [0.2, 0.25) is 0 Å². The first-order valence-corrected chi connectivity index (χ1v) is 4.30. The highest BCUT2D eigenvalue weighted by Gasteiger charge is 2.09. The molecule has 0 aliphatic heterocycles. The Labute approximate surface area is 81.9 Å². The van der Waals surface area contributed by atoms with Gasteiger partial charge in [0.1, 0.15) is 0 Å². The van der Waals surface area contributed by atoms with Gasteiger partial charge < -0.3 is 15.6 Å². The zero-order valence-electron chi connectivity index (χ0n) is 7.99. The average molecular weight is 195 g/mol. The summed E-state index contributed by atoms with van der Waals surface area (Å²) in [7, 11) is 0. The van der Waals surface area contributed by atoms with E-state index in [0.717, 1.165) is 0 Å². The summed E-state index contributed by atoms with van der Waals surface area (Å²) in [6.07, 6.45) is 3.55. The molecule has 14 heavy (non-hydrogen) atoms. The molecule has 1 aromatic rings. The van der Waals surface area contributed by atoms with Gasteiger partial charge in [0.05, 0.1) is 5.69 Å². The molecule has 0 aliphatic rings. The predicted molar refractivity (Wildman–Crippen MR) is 51.8 cm³/mol. The number of aromatic nitrogens is 1. The van der Waals surface area contributed by atoms with E-state index in [0.29, 0.717) is 18.8 Å². The largest absolute Gasteiger partial charge is 0.351 e. The number of hydrogen-bond donors (Lipinski definition) is 2. The molecule has 1 aromatic heterocycles. The number of hydrogen-bond acceptors (Lipinski definition) is 4. The summed E-state index contributed by atoms with van der Waals surface area (Å²) in [4.78, 5) is 11.3. The van der Waals surface area contributed by atoms with Crippen molar-refractivity contribution >= 4 is 5.91 Å². The SMILES string of the molecule is Cc1cc(C(=O)NC/C=C/CN)on1. The first-order valence-electron chi connectivity index (χ1n) is 4.30. The zero-order chi connectivity index (χ0) is 10.4. The molecule has 76 valence electrons. The molecule has 0 aliphatic carbocycles. The smallest absolute Gasteiger partial charge is 0.290 e. The fourth-order valence-electron chi connectivity index (χ4n) is 0.889. The fraction of sp³-hybridized carbons (Fsp3) is 0.333. The summed E-state index contributed by atoms with van der Waals surface area (Å²) < 4.78 is 4.77. The van der Waals surface area contributed by atoms with E-state index in [4.69, 9.17) is 10.3 Å². The third-order valence-corrected chi connectivity index (χ3v) is 1.53. The van der Waals surface area contributed by atoms with Crippen LogP contribution >= 0.6 is 0 Å². The minimum absolute atomic E-state index is 0.226. The summed E-state index contributed by atoms with van der Waals surface area (Å²) in [6.45, 7) is 2.67. The first-order chi connectivity index (χ1) is 6.74. The molecule has 0 atom stereocenters. The molecule has 1 amide bonds. The number of nitrogens with one attached hydrogen (secondary N) is 1. The molecule has 0 spiro atoms. The van der Waals surface area contributed by atoms with Crippen LogP contribution in [0, 0.1) is 6.92 Å². The molecular formula is C9H13N3O2. The van der Waals surface area contributed by atoms with Crippen LogP contribution in [-0.2, 0) is 0 Å². The van der Waals surface area contributed by atoms with Crippen molar-refractivity contribution in [2.45, 2.75) is 6.92 Å². The fourth-order valence-corrected chi connectivity index (χ4v) is 0.889. The van der Waals surface area contributed by atoms with Crippen molar-refractivity contribution in [2.24, 2.45) is 5.73 Å². The van der Waals surface area contributed by atoms with Crippen molar-refractivity contribution in [3.05, 3.63) is 29.7 Å². The van der Waals surface area contributed by atoms with E-state index in [2.05, 4.69) is 10.5 Å². The van der Waals surface area contributed by atoms with Crippen molar-refractivity contribution in [3.63, 3.8) is 0 Å². The van der Waals surface area contributed by atoms with Gasteiger partial charge in [0.2, 0.25) is 5.76 Å². The summed E-state index contributed by atoms with van der Waals surface area (Å²) in [5.41, 5.74) is 5.92. The van der Waals surface area contributed by atoms with Gasteiger partial charge >= 0.3 is 0 Å². The van der Waals surface area contributed by atoms with Crippen LogP contribution in [0.4, 0.5) is 0 Å². The van der Waals surface area contributed by atoms with Crippen molar-refractivity contribution < 1.29 is 9.32 Å². The molecule has 5 heteroatoms. The summed E-state index contributed by atoms with van der Waals surface area (Å²) >= 11 is 0. The Morgan fingerprint density at radius 2 is 2.50 bits per heavy atom. The van der Waals surface area contributed by atoms with E-state index in [9.17, 15) is 4.79 Å². The molecule has 5 nitrogen and oxygen atoms in total. The van der Waals surface area contributed by atoms with Crippen LogP contribution in [0.25, 0.3) is 0 Å². The third kappa shape index (κ3) is 3.02. The minimum Gasteiger partial charge on any atom is -0.351 e. The maximum Gasteiger partial charge on any atom is 0.290 e. The van der Waals surface area contributed by atoms with Gasteiger partial charge in [-0.05, 0) is 6.92 Å². The topological polar surface area (TPSA) is 81.2 Å². The van der Waals surface area contributed by atoms with Gasteiger partial charge in [-0.25, -0.2) is 0 Å². The Bertz CT molecular complexity index is 331. The normalized spacial score (nSPS) is 10.7. The Balaban J connectivity index is 2.39. The number of carbonyl (C=O) groups excluding carboxylic acids is 1. The van der Waals surface area contributed by atoms with E-state index in [1.807, 2.05) is 0 Å². The van der Waals surface area contributed by atoms with Gasteiger partial charge in [-0.1, -0.05) is 17.3 Å². The van der Waals surface area contributed by atoms with E-state index in [1.165, 1.54) is 0 Å². The van der Waals surface area contributed by atoms with Crippen LogP contribution in [0.5, 0.6) is 0 Å². The highest BCUT2D eigenvalue weighted by molar-refractivity contribution is 5.91. The van der Waals surface area contributed by atoms with Gasteiger partial charge in [-0.15, -0.1) is 0 Å². The molecule has 1 rings (SSSR count). The number of carbonyl (C=O) groups is 1. The molecule has 3 N–H and O–H groups in total. The van der Waals surface area contributed by atoms with Gasteiger partial charge in [-0.2, -0.15) is 0 Å². The van der Waals surface area contributed by atoms with Crippen LogP contribution < -0.4 is 11.1 Å². The molecule has 0 aromatic carbocycles. The monoisotopic (exact) mass is 195 g/mol. The molecule has 1 heterocycles. The first kappa shape index (κ1) is 10.5.